The number of aromatic nitrogens is 2. The molecule has 0 fully saturated rings. The highest BCUT2D eigenvalue weighted by atomic mass is 19.1. The molecule has 0 saturated carbocycles. The number of hydrogen-bond donors (Lipinski definition) is 1. The molecule has 0 radical (unpaired) electrons. The minimum atomic E-state index is -0.458. The van der Waals surface area contributed by atoms with E-state index in [4.69, 9.17) is 5.21 Å². The van der Waals surface area contributed by atoms with E-state index in [0.717, 1.165) is 6.21 Å². The lowest BCUT2D eigenvalue weighted by atomic mass is 10.2. The molecule has 0 aliphatic rings. The molecule has 0 aliphatic heterocycles. The van der Waals surface area contributed by atoms with Crippen molar-refractivity contribution in [3.05, 3.63) is 48.0 Å². The first-order valence-corrected chi connectivity index (χ1v) is 4.28. The summed E-state index contributed by atoms with van der Waals surface area (Å²) in [5.74, 6) is -0.458. The van der Waals surface area contributed by atoms with E-state index < -0.39 is 5.82 Å². The van der Waals surface area contributed by atoms with Crippen LogP contribution in [-0.4, -0.2) is 21.2 Å². The standard InChI is InChI=1S/C10H8FN3O/c11-10-6-9(14-5-1-4-12-14)3-2-8(10)7-13-15/h1-7,15H/b13-7-. The van der Waals surface area contributed by atoms with Crippen molar-refractivity contribution >= 4 is 6.21 Å². The van der Waals surface area contributed by atoms with Crippen LogP contribution in [0.5, 0.6) is 0 Å². The lowest BCUT2D eigenvalue weighted by molar-refractivity contribution is 0.321. The second kappa shape index (κ2) is 3.91. The average molecular weight is 205 g/mol. The molecule has 2 rings (SSSR count). The largest absolute Gasteiger partial charge is 0.411 e. The molecule has 0 aliphatic carbocycles. The molecular formula is C10H8FN3O. The second-order valence-corrected chi connectivity index (χ2v) is 2.90. The lowest BCUT2D eigenvalue weighted by Crippen LogP contribution is -1.97. The van der Waals surface area contributed by atoms with Gasteiger partial charge in [0, 0.05) is 24.0 Å². The fraction of sp³-hybridized carbons (Fsp3) is 0. The molecule has 0 amide bonds. The van der Waals surface area contributed by atoms with Gasteiger partial charge < -0.3 is 5.21 Å². The molecule has 0 atom stereocenters. The predicted octanol–water partition coefficient (Wildman–Crippen LogP) is 1.82. The molecule has 1 aromatic carbocycles. The molecule has 4 nitrogen and oxygen atoms in total. The van der Waals surface area contributed by atoms with Gasteiger partial charge in [-0.1, -0.05) is 5.16 Å². The Kier molecular flexibility index (Phi) is 2.45. The van der Waals surface area contributed by atoms with Gasteiger partial charge in [-0.05, 0) is 18.2 Å². The van der Waals surface area contributed by atoms with Crippen LogP contribution < -0.4 is 0 Å². The smallest absolute Gasteiger partial charge is 0.134 e. The van der Waals surface area contributed by atoms with Gasteiger partial charge in [0.25, 0.3) is 0 Å². The highest BCUT2D eigenvalue weighted by Gasteiger charge is 2.02. The predicted molar refractivity (Wildman–Crippen MR) is 52.9 cm³/mol. The molecule has 5 heteroatoms. The van der Waals surface area contributed by atoms with Crippen molar-refractivity contribution in [1.82, 2.24) is 9.78 Å². The number of benzene rings is 1. The zero-order chi connectivity index (χ0) is 10.7. The molecule has 15 heavy (non-hydrogen) atoms. The van der Waals surface area contributed by atoms with Gasteiger partial charge in [-0.3, -0.25) is 0 Å². The highest BCUT2D eigenvalue weighted by Crippen LogP contribution is 2.11. The van der Waals surface area contributed by atoms with Gasteiger partial charge in [0.15, 0.2) is 0 Å². The van der Waals surface area contributed by atoms with Gasteiger partial charge in [-0.2, -0.15) is 5.10 Å². The van der Waals surface area contributed by atoms with Crippen LogP contribution in [0.15, 0.2) is 41.8 Å². The van der Waals surface area contributed by atoms with E-state index in [-0.39, 0.29) is 5.56 Å². The second-order valence-electron chi connectivity index (χ2n) is 2.90. The zero-order valence-electron chi connectivity index (χ0n) is 7.71. The van der Waals surface area contributed by atoms with Crippen LogP contribution in [0.2, 0.25) is 0 Å². The average Bonchev–Trinajstić information content (AvgIpc) is 2.74. The van der Waals surface area contributed by atoms with Gasteiger partial charge in [-0.15, -0.1) is 0 Å². The van der Waals surface area contributed by atoms with E-state index in [1.165, 1.54) is 12.1 Å². The summed E-state index contributed by atoms with van der Waals surface area (Å²) < 4.78 is 14.9. The third-order valence-electron chi connectivity index (χ3n) is 1.95. The van der Waals surface area contributed by atoms with Crippen LogP contribution in [0, 0.1) is 5.82 Å². The van der Waals surface area contributed by atoms with Crippen LogP contribution in [-0.2, 0) is 0 Å². The Hall–Kier alpha value is -2.17. The van der Waals surface area contributed by atoms with Crippen molar-refractivity contribution in [2.75, 3.05) is 0 Å². The molecule has 1 heterocycles. The van der Waals surface area contributed by atoms with Crippen molar-refractivity contribution in [2.24, 2.45) is 5.16 Å². The first-order chi connectivity index (χ1) is 7.31. The topological polar surface area (TPSA) is 50.4 Å². The normalized spacial score (nSPS) is 11.0. The van der Waals surface area contributed by atoms with Crippen molar-refractivity contribution in [2.45, 2.75) is 0 Å². The fourth-order valence-corrected chi connectivity index (χ4v) is 1.25. The van der Waals surface area contributed by atoms with Crippen LogP contribution in [0.25, 0.3) is 5.69 Å². The molecule has 0 bridgehead atoms. The quantitative estimate of drug-likeness (QED) is 0.462. The van der Waals surface area contributed by atoms with Gasteiger partial charge in [-0.25, -0.2) is 9.07 Å². The molecule has 1 aromatic heterocycles. The van der Waals surface area contributed by atoms with E-state index in [9.17, 15) is 4.39 Å². The summed E-state index contributed by atoms with van der Waals surface area (Å²) in [7, 11) is 0. The first-order valence-electron chi connectivity index (χ1n) is 4.28. The summed E-state index contributed by atoms with van der Waals surface area (Å²) in [6.07, 6.45) is 4.37. The summed E-state index contributed by atoms with van der Waals surface area (Å²) in [6, 6.07) is 6.28. The summed E-state index contributed by atoms with van der Waals surface area (Å²) >= 11 is 0. The van der Waals surface area contributed by atoms with Gasteiger partial charge in [0.05, 0.1) is 11.9 Å². The SMILES string of the molecule is O/N=C\c1ccc(-n2cccn2)cc1F. The molecular weight excluding hydrogens is 197 g/mol. The maximum Gasteiger partial charge on any atom is 0.134 e. The Morgan fingerprint density at radius 1 is 1.47 bits per heavy atom. The monoisotopic (exact) mass is 205 g/mol. The van der Waals surface area contributed by atoms with E-state index in [1.807, 2.05) is 0 Å². The Morgan fingerprint density at radius 2 is 2.33 bits per heavy atom. The Morgan fingerprint density at radius 3 is 2.93 bits per heavy atom. The lowest BCUT2D eigenvalue weighted by Gasteiger charge is -2.02. The van der Waals surface area contributed by atoms with Gasteiger partial charge in [0.1, 0.15) is 5.82 Å². The fourth-order valence-electron chi connectivity index (χ4n) is 1.25. The third-order valence-corrected chi connectivity index (χ3v) is 1.95. The van der Waals surface area contributed by atoms with E-state index in [0.29, 0.717) is 5.69 Å². The van der Waals surface area contributed by atoms with E-state index in [2.05, 4.69) is 10.3 Å². The van der Waals surface area contributed by atoms with Crippen LogP contribution >= 0.6 is 0 Å². The van der Waals surface area contributed by atoms with Crippen LogP contribution in [0.1, 0.15) is 5.56 Å². The van der Waals surface area contributed by atoms with Crippen molar-refractivity contribution in [1.29, 1.82) is 0 Å². The maximum atomic E-state index is 13.4. The van der Waals surface area contributed by atoms with Crippen LogP contribution in [0.3, 0.4) is 0 Å². The number of hydrogen-bond acceptors (Lipinski definition) is 3. The minimum Gasteiger partial charge on any atom is -0.411 e. The maximum absolute atomic E-state index is 13.4. The van der Waals surface area contributed by atoms with Gasteiger partial charge in [0.2, 0.25) is 0 Å². The summed E-state index contributed by atoms with van der Waals surface area (Å²) in [4.78, 5) is 0. The number of oxime groups is 1. The van der Waals surface area contributed by atoms with Crippen molar-refractivity contribution < 1.29 is 9.60 Å². The molecule has 1 N–H and O–H groups in total. The number of rotatable bonds is 2. The summed E-state index contributed by atoms with van der Waals surface area (Å²) in [5, 5.41) is 15.0. The first kappa shape index (κ1) is 9.39. The van der Waals surface area contributed by atoms with Gasteiger partial charge >= 0.3 is 0 Å². The zero-order valence-corrected chi connectivity index (χ0v) is 7.71. The summed E-state index contributed by atoms with van der Waals surface area (Å²) in [6.45, 7) is 0. The molecule has 2 aromatic rings. The molecule has 0 unspecified atom stereocenters. The van der Waals surface area contributed by atoms with E-state index in [1.54, 1.807) is 29.2 Å². The highest BCUT2D eigenvalue weighted by molar-refractivity contribution is 5.79. The number of nitrogens with zero attached hydrogens (tertiary/aromatic N) is 3. The molecule has 0 saturated heterocycles. The molecule has 76 valence electrons. The minimum absolute atomic E-state index is 0.230. The van der Waals surface area contributed by atoms with E-state index >= 15 is 0 Å². The van der Waals surface area contributed by atoms with Crippen molar-refractivity contribution in [3.63, 3.8) is 0 Å². The third kappa shape index (κ3) is 1.85. The van der Waals surface area contributed by atoms with Crippen molar-refractivity contribution in [3.8, 4) is 5.69 Å². The summed E-state index contributed by atoms with van der Waals surface area (Å²) in [5.41, 5.74) is 0.848. The Balaban J connectivity index is 2.42. The Labute approximate surface area is 85.3 Å². The van der Waals surface area contributed by atoms with Crippen LogP contribution in [0.4, 0.5) is 4.39 Å². The number of halogens is 1. The Bertz CT molecular complexity index is 479. The molecule has 0 spiro atoms.